The van der Waals surface area contributed by atoms with Crippen LogP contribution >= 0.6 is 0 Å². The number of hydrogen-bond donors (Lipinski definition) is 1. The average molecular weight is 382 g/mol. The first-order valence-corrected chi connectivity index (χ1v) is 9.04. The molecule has 0 atom stereocenters. The van der Waals surface area contributed by atoms with Gasteiger partial charge in [0.05, 0.1) is 5.69 Å². The minimum Gasteiger partial charge on any atom is -0.485 e. The molecule has 0 bridgehead atoms. The zero-order valence-corrected chi connectivity index (χ0v) is 15.9. The molecule has 146 valence electrons. The lowest BCUT2D eigenvalue weighted by Gasteiger charge is -2.29. The van der Waals surface area contributed by atoms with Crippen molar-refractivity contribution in [2.24, 2.45) is 0 Å². The highest BCUT2D eigenvalue weighted by molar-refractivity contribution is 6.04. The molecule has 3 rings (SSSR count). The van der Waals surface area contributed by atoms with Crippen molar-refractivity contribution in [3.63, 3.8) is 0 Å². The Kier molecular flexibility index (Phi) is 5.93. The van der Waals surface area contributed by atoms with Gasteiger partial charge in [-0.3, -0.25) is 19.3 Å². The topological polar surface area (TPSA) is 84.9 Å². The third-order valence-electron chi connectivity index (χ3n) is 4.29. The molecule has 7 heteroatoms. The number of ketones is 1. The van der Waals surface area contributed by atoms with Crippen LogP contribution in [0.4, 0.5) is 5.69 Å². The van der Waals surface area contributed by atoms with Gasteiger partial charge in [0.1, 0.15) is 18.0 Å². The third-order valence-corrected chi connectivity index (χ3v) is 4.29. The first-order valence-electron chi connectivity index (χ1n) is 9.04. The van der Waals surface area contributed by atoms with Gasteiger partial charge in [-0.15, -0.1) is 0 Å². The number of benzene rings is 2. The third kappa shape index (κ3) is 4.49. The Morgan fingerprint density at radius 3 is 2.64 bits per heavy atom. The Bertz CT molecular complexity index is 892. The largest absolute Gasteiger partial charge is 0.485 e. The molecule has 1 aliphatic heterocycles. The molecule has 0 saturated heterocycles. The summed E-state index contributed by atoms with van der Waals surface area (Å²) in [5.74, 6) is 0.218. The summed E-state index contributed by atoms with van der Waals surface area (Å²) in [6.45, 7) is 3.85. The molecule has 2 aromatic rings. The highest BCUT2D eigenvalue weighted by atomic mass is 16.5. The average Bonchev–Trinajstić information content (AvgIpc) is 2.69. The summed E-state index contributed by atoms with van der Waals surface area (Å²) in [6.07, 6.45) is 0. The normalized spacial score (nSPS) is 12.8. The van der Waals surface area contributed by atoms with Gasteiger partial charge in [-0.1, -0.05) is 17.7 Å². The van der Waals surface area contributed by atoms with E-state index in [0.29, 0.717) is 29.3 Å². The number of Topliss-reactive ketones (excluding diaryl/α,β-unsaturated/α-hetero) is 1. The molecule has 0 aromatic heterocycles. The van der Waals surface area contributed by atoms with Gasteiger partial charge in [0.15, 0.2) is 19.0 Å². The van der Waals surface area contributed by atoms with Gasteiger partial charge in [-0.05, 0) is 44.2 Å². The number of fused-ring (bicyclic) bond motifs is 1. The Morgan fingerprint density at radius 2 is 1.93 bits per heavy atom. The lowest BCUT2D eigenvalue weighted by atomic mass is 10.1. The number of rotatable bonds is 7. The van der Waals surface area contributed by atoms with Gasteiger partial charge in [-0.2, -0.15) is 0 Å². The molecule has 0 radical (unpaired) electrons. The molecular weight excluding hydrogens is 360 g/mol. The number of carbonyl (C=O) groups is 3. The fourth-order valence-corrected chi connectivity index (χ4v) is 2.81. The number of nitrogens with one attached hydrogen (secondary N) is 1. The van der Waals surface area contributed by atoms with Crippen molar-refractivity contribution >= 4 is 23.3 Å². The quantitative estimate of drug-likeness (QED) is 0.742. The summed E-state index contributed by atoms with van der Waals surface area (Å²) in [5.41, 5.74) is 1.89. The van der Waals surface area contributed by atoms with Crippen molar-refractivity contribution in [3.05, 3.63) is 53.6 Å². The second-order valence-electron chi connectivity index (χ2n) is 6.43. The Labute approximate surface area is 163 Å². The summed E-state index contributed by atoms with van der Waals surface area (Å²) in [5, 5.41) is 2.66. The van der Waals surface area contributed by atoms with Gasteiger partial charge in [0.25, 0.3) is 5.91 Å². The van der Waals surface area contributed by atoms with Crippen molar-refractivity contribution in [1.82, 2.24) is 5.32 Å². The molecule has 1 heterocycles. The van der Waals surface area contributed by atoms with Gasteiger partial charge < -0.3 is 14.8 Å². The zero-order valence-electron chi connectivity index (χ0n) is 15.9. The number of likely N-dealkylation sites (N-methyl/N-ethyl adjacent to an activating group) is 1. The van der Waals surface area contributed by atoms with E-state index in [9.17, 15) is 14.4 Å². The fourth-order valence-electron chi connectivity index (χ4n) is 2.81. The van der Waals surface area contributed by atoms with Crippen LogP contribution in [0, 0.1) is 6.92 Å². The van der Waals surface area contributed by atoms with Crippen molar-refractivity contribution < 1.29 is 23.9 Å². The van der Waals surface area contributed by atoms with Crippen LogP contribution in [0.1, 0.15) is 22.8 Å². The summed E-state index contributed by atoms with van der Waals surface area (Å²) < 4.78 is 11.0. The minimum absolute atomic E-state index is 0.124. The van der Waals surface area contributed by atoms with Crippen LogP contribution in [0.2, 0.25) is 0 Å². The Balaban J connectivity index is 1.75. The maximum Gasteiger partial charge on any atom is 0.265 e. The Hall–Kier alpha value is -3.35. The van der Waals surface area contributed by atoms with Crippen molar-refractivity contribution in [1.29, 1.82) is 0 Å². The molecule has 28 heavy (non-hydrogen) atoms. The number of hydrogen-bond acceptors (Lipinski definition) is 5. The van der Waals surface area contributed by atoms with Crippen LogP contribution in [0.5, 0.6) is 11.5 Å². The monoisotopic (exact) mass is 382 g/mol. The molecule has 0 fully saturated rings. The Morgan fingerprint density at radius 1 is 1.18 bits per heavy atom. The van der Waals surface area contributed by atoms with E-state index in [1.165, 1.54) is 4.90 Å². The van der Waals surface area contributed by atoms with E-state index in [1.807, 2.05) is 19.1 Å². The van der Waals surface area contributed by atoms with Gasteiger partial charge >= 0.3 is 0 Å². The maximum absolute atomic E-state index is 12.5. The second kappa shape index (κ2) is 8.56. The van der Waals surface area contributed by atoms with Gasteiger partial charge in [0.2, 0.25) is 5.91 Å². The molecular formula is C21H22N2O5. The van der Waals surface area contributed by atoms with E-state index in [1.54, 1.807) is 37.3 Å². The number of anilines is 1. The number of carbonyl (C=O) groups excluding carboxylic acids is 3. The molecule has 2 aromatic carbocycles. The summed E-state index contributed by atoms with van der Waals surface area (Å²) in [4.78, 5) is 38.0. The van der Waals surface area contributed by atoms with Gasteiger partial charge in [0, 0.05) is 12.1 Å². The number of ether oxygens (including phenoxy) is 2. The van der Waals surface area contributed by atoms with Crippen LogP contribution in [-0.2, 0) is 9.59 Å². The fraction of sp³-hybridized carbons (Fsp3) is 0.286. The standard InChI is InChI=1S/C21H22N2O5/c1-3-22-20(25)11-23-17-10-15(6-9-19(17)28-13-21(23)26)18(24)12-27-16-7-4-14(2)5-8-16/h4-10H,3,11-13H2,1-2H3,(H,22,25). The molecule has 0 unspecified atom stereocenters. The lowest BCUT2D eigenvalue weighted by Crippen LogP contribution is -2.45. The van der Waals surface area contributed by atoms with E-state index in [0.717, 1.165) is 5.56 Å². The van der Waals surface area contributed by atoms with Crippen LogP contribution in [-0.4, -0.2) is 43.9 Å². The van der Waals surface area contributed by atoms with E-state index in [-0.39, 0.29) is 37.4 Å². The van der Waals surface area contributed by atoms with Crippen molar-refractivity contribution in [3.8, 4) is 11.5 Å². The predicted molar refractivity (Wildman–Crippen MR) is 104 cm³/mol. The maximum atomic E-state index is 12.5. The lowest BCUT2D eigenvalue weighted by molar-refractivity contribution is -0.125. The van der Waals surface area contributed by atoms with E-state index in [2.05, 4.69) is 5.32 Å². The van der Waals surface area contributed by atoms with E-state index >= 15 is 0 Å². The zero-order chi connectivity index (χ0) is 20.1. The molecule has 7 nitrogen and oxygen atoms in total. The molecule has 2 amide bonds. The molecule has 0 spiro atoms. The van der Waals surface area contributed by atoms with E-state index < -0.39 is 0 Å². The summed E-state index contributed by atoms with van der Waals surface area (Å²) in [7, 11) is 0. The van der Waals surface area contributed by atoms with E-state index in [4.69, 9.17) is 9.47 Å². The number of amides is 2. The number of nitrogens with zero attached hydrogens (tertiary/aromatic N) is 1. The number of aryl methyl sites for hydroxylation is 1. The SMILES string of the molecule is CCNC(=O)CN1C(=O)COc2ccc(C(=O)COc3ccc(C)cc3)cc21. The van der Waals surface area contributed by atoms with Gasteiger partial charge in [-0.25, -0.2) is 0 Å². The summed E-state index contributed by atoms with van der Waals surface area (Å²) >= 11 is 0. The molecule has 0 saturated carbocycles. The first kappa shape index (κ1) is 19.4. The van der Waals surface area contributed by atoms with Crippen LogP contribution in [0.15, 0.2) is 42.5 Å². The molecule has 1 aliphatic rings. The minimum atomic E-state index is -0.334. The van der Waals surface area contributed by atoms with Crippen molar-refractivity contribution in [2.75, 3.05) is 31.2 Å². The van der Waals surface area contributed by atoms with Crippen LogP contribution in [0.3, 0.4) is 0 Å². The smallest absolute Gasteiger partial charge is 0.265 e. The van der Waals surface area contributed by atoms with Crippen molar-refractivity contribution in [2.45, 2.75) is 13.8 Å². The highest BCUT2D eigenvalue weighted by Gasteiger charge is 2.28. The summed E-state index contributed by atoms with van der Waals surface area (Å²) in [6, 6.07) is 12.2. The van der Waals surface area contributed by atoms with Crippen LogP contribution < -0.4 is 19.7 Å². The van der Waals surface area contributed by atoms with Crippen LogP contribution in [0.25, 0.3) is 0 Å². The molecule has 1 N–H and O–H groups in total. The highest BCUT2D eigenvalue weighted by Crippen LogP contribution is 2.33. The second-order valence-corrected chi connectivity index (χ2v) is 6.43. The molecule has 0 aliphatic carbocycles. The first-order chi connectivity index (χ1) is 13.5. The predicted octanol–water partition coefficient (Wildman–Crippen LogP) is 2.12.